The van der Waals surface area contributed by atoms with E-state index >= 15 is 0 Å². The summed E-state index contributed by atoms with van der Waals surface area (Å²) in [5, 5.41) is 24.4. The zero-order valence-electron chi connectivity index (χ0n) is 17.1. The summed E-state index contributed by atoms with van der Waals surface area (Å²) in [6.07, 6.45) is 0.454. The number of hydrogen-bond donors (Lipinski definition) is 4. The predicted octanol–water partition coefficient (Wildman–Crippen LogP) is 2.93. The van der Waals surface area contributed by atoms with E-state index in [1.54, 1.807) is 24.3 Å². The molecule has 31 heavy (non-hydrogen) atoms. The number of nitrogens with one attached hydrogen (secondary N) is 2. The van der Waals surface area contributed by atoms with E-state index in [2.05, 4.69) is 10.6 Å². The number of aromatic hydroxyl groups is 2. The lowest BCUT2D eigenvalue weighted by molar-refractivity contribution is -0.126. The molecule has 0 aliphatic rings. The number of anilines is 1. The second-order valence-corrected chi connectivity index (χ2v) is 7.75. The Morgan fingerprint density at radius 2 is 1.42 bits per heavy atom. The molecule has 2 aromatic rings. The average Bonchev–Trinajstić information content (AvgIpc) is 2.75. The second-order valence-electron chi connectivity index (χ2n) is 7.00. The van der Waals surface area contributed by atoms with Crippen molar-refractivity contribution in [2.75, 3.05) is 36.7 Å². The number of carbonyl (C=O) groups excluding carboxylic acids is 2. The fourth-order valence-electron chi connectivity index (χ4n) is 2.95. The van der Waals surface area contributed by atoms with Crippen molar-refractivity contribution in [3.05, 3.63) is 54.1 Å². The minimum atomic E-state index is -0.819. The molecule has 2 rings (SSSR count). The first-order valence-electron chi connectivity index (χ1n) is 9.92. The van der Waals surface area contributed by atoms with Crippen LogP contribution in [-0.2, 0) is 16.0 Å². The molecule has 0 aliphatic carbocycles. The highest BCUT2D eigenvalue weighted by Gasteiger charge is 2.22. The van der Waals surface area contributed by atoms with Crippen molar-refractivity contribution in [1.29, 1.82) is 0 Å². The lowest BCUT2D eigenvalue weighted by atomic mass is 10.0. The molecule has 0 bridgehead atoms. The fourth-order valence-corrected chi connectivity index (χ4v) is 3.43. The molecule has 0 aliphatic heterocycles. The summed E-state index contributed by atoms with van der Waals surface area (Å²) >= 11 is 11.6. The standard InChI is InChI=1S/C22H27Cl2N3O4/c23-10-13-27(14-11-24)12-9-21(30)26-20(15-16-1-5-18(28)6-2-16)22(31)25-17-3-7-19(29)8-4-17/h1-8,20,28-29H,9-15H2,(H,25,31)(H,26,30). The van der Waals surface area contributed by atoms with Gasteiger partial charge in [-0.3, -0.25) is 9.59 Å². The van der Waals surface area contributed by atoms with Gasteiger partial charge in [-0.2, -0.15) is 0 Å². The SMILES string of the molecule is O=C(CCN(CCCl)CCCl)NC(Cc1ccc(O)cc1)C(=O)Nc1ccc(O)cc1. The Kier molecular flexibility index (Phi) is 10.4. The molecule has 0 spiro atoms. The first-order chi connectivity index (χ1) is 14.9. The number of nitrogens with zero attached hydrogens (tertiary/aromatic N) is 1. The predicted molar refractivity (Wildman–Crippen MR) is 123 cm³/mol. The van der Waals surface area contributed by atoms with Crippen molar-refractivity contribution in [2.24, 2.45) is 0 Å². The number of phenolic OH excluding ortho intramolecular Hbond substituents is 2. The van der Waals surface area contributed by atoms with Crippen LogP contribution in [0, 0.1) is 0 Å². The number of amides is 2. The van der Waals surface area contributed by atoms with Crippen molar-refractivity contribution in [2.45, 2.75) is 18.9 Å². The lowest BCUT2D eigenvalue weighted by Crippen LogP contribution is -2.46. The van der Waals surface area contributed by atoms with E-state index in [9.17, 15) is 19.8 Å². The van der Waals surface area contributed by atoms with Gasteiger partial charge < -0.3 is 25.7 Å². The van der Waals surface area contributed by atoms with E-state index in [0.29, 0.717) is 37.1 Å². The number of rotatable bonds is 12. The molecule has 0 radical (unpaired) electrons. The van der Waals surface area contributed by atoms with Crippen LogP contribution in [0.5, 0.6) is 11.5 Å². The smallest absolute Gasteiger partial charge is 0.247 e. The summed E-state index contributed by atoms with van der Waals surface area (Å²) in [7, 11) is 0. The van der Waals surface area contributed by atoms with E-state index in [0.717, 1.165) is 5.56 Å². The molecule has 2 aromatic carbocycles. The third-order valence-corrected chi connectivity index (χ3v) is 4.96. The van der Waals surface area contributed by atoms with Crippen LogP contribution in [0.1, 0.15) is 12.0 Å². The Hall–Kier alpha value is -2.48. The van der Waals surface area contributed by atoms with Gasteiger partial charge in [-0.05, 0) is 42.0 Å². The van der Waals surface area contributed by atoms with Crippen LogP contribution in [0.15, 0.2) is 48.5 Å². The first kappa shape index (κ1) is 24.8. The molecule has 168 valence electrons. The summed E-state index contributed by atoms with van der Waals surface area (Å²) < 4.78 is 0. The molecular weight excluding hydrogens is 441 g/mol. The van der Waals surface area contributed by atoms with Crippen LogP contribution in [-0.4, -0.2) is 64.4 Å². The maximum absolute atomic E-state index is 12.9. The van der Waals surface area contributed by atoms with E-state index < -0.39 is 6.04 Å². The minimum Gasteiger partial charge on any atom is -0.508 e. The third-order valence-electron chi connectivity index (χ3n) is 4.62. The number of carbonyl (C=O) groups is 2. The Balaban J connectivity index is 2.05. The van der Waals surface area contributed by atoms with Gasteiger partial charge in [0, 0.05) is 49.9 Å². The van der Waals surface area contributed by atoms with Gasteiger partial charge in [0.25, 0.3) is 0 Å². The highest BCUT2D eigenvalue weighted by molar-refractivity contribution is 6.18. The molecule has 0 aromatic heterocycles. The van der Waals surface area contributed by atoms with E-state index in [1.807, 2.05) is 4.90 Å². The van der Waals surface area contributed by atoms with Gasteiger partial charge >= 0.3 is 0 Å². The molecule has 0 saturated carbocycles. The Morgan fingerprint density at radius 3 is 1.97 bits per heavy atom. The van der Waals surface area contributed by atoms with E-state index in [-0.39, 0.29) is 36.2 Å². The Labute approximate surface area is 192 Å². The van der Waals surface area contributed by atoms with Crippen molar-refractivity contribution in [1.82, 2.24) is 10.2 Å². The lowest BCUT2D eigenvalue weighted by Gasteiger charge is -2.22. The van der Waals surface area contributed by atoms with Gasteiger partial charge in [-0.25, -0.2) is 0 Å². The van der Waals surface area contributed by atoms with Crippen LogP contribution in [0.3, 0.4) is 0 Å². The minimum absolute atomic E-state index is 0.0883. The zero-order chi connectivity index (χ0) is 22.6. The van der Waals surface area contributed by atoms with Crippen LogP contribution < -0.4 is 10.6 Å². The molecule has 0 fully saturated rings. The molecule has 4 N–H and O–H groups in total. The molecule has 1 atom stereocenters. The quantitative estimate of drug-likeness (QED) is 0.284. The van der Waals surface area contributed by atoms with Crippen LogP contribution in [0.25, 0.3) is 0 Å². The van der Waals surface area contributed by atoms with Gasteiger partial charge in [-0.1, -0.05) is 12.1 Å². The summed E-state index contributed by atoms with van der Waals surface area (Å²) in [4.78, 5) is 27.4. The average molecular weight is 468 g/mol. The summed E-state index contributed by atoms with van der Waals surface area (Å²) in [5.74, 6) is 0.444. The topological polar surface area (TPSA) is 102 Å². The van der Waals surface area contributed by atoms with Crippen molar-refractivity contribution >= 4 is 40.7 Å². The number of alkyl halides is 2. The highest BCUT2D eigenvalue weighted by atomic mass is 35.5. The second kappa shape index (κ2) is 13.0. The molecule has 2 amide bonds. The third kappa shape index (κ3) is 9.04. The van der Waals surface area contributed by atoms with Gasteiger partial charge in [0.15, 0.2) is 0 Å². The van der Waals surface area contributed by atoms with Crippen molar-refractivity contribution in [3.63, 3.8) is 0 Å². The van der Waals surface area contributed by atoms with E-state index in [4.69, 9.17) is 23.2 Å². The molecule has 0 saturated heterocycles. The molecule has 1 unspecified atom stereocenters. The fraction of sp³-hybridized carbons (Fsp3) is 0.364. The van der Waals surface area contributed by atoms with Crippen LogP contribution in [0.4, 0.5) is 5.69 Å². The maximum Gasteiger partial charge on any atom is 0.247 e. The number of halogens is 2. The number of phenols is 2. The van der Waals surface area contributed by atoms with Gasteiger partial charge in [0.05, 0.1) is 0 Å². The largest absolute Gasteiger partial charge is 0.508 e. The number of benzene rings is 2. The highest BCUT2D eigenvalue weighted by Crippen LogP contribution is 2.15. The van der Waals surface area contributed by atoms with Crippen LogP contribution >= 0.6 is 23.2 Å². The van der Waals surface area contributed by atoms with Crippen LogP contribution in [0.2, 0.25) is 0 Å². The Morgan fingerprint density at radius 1 is 0.871 bits per heavy atom. The first-order valence-corrected chi connectivity index (χ1v) is 11.0. The summed E-state index contributed by atoms with van der Waals surface area (Å²) in [6, 6.07) is 11.7. The van der Waals surface area contributed by atoms with E-state index in [1.165, 1.54) is 24.3 Å². The summed E-state index contributed by atoms with van der Waals surface area (Å²) in [6.45, 7) is 1.73. The maximum atomic E-state index is 12.9. The monoisotopic (exact) mass is 467 g/mol. The molecule has 9 heteroatoms. The molecular formula is C22H27Cl2N3O4. The van der Waals surface area contributed by atoms with Gasteiger partial charge in [-0.15, -0.1) is 23.2 Å². The summed E-state index contributed by atoms with van der Waals surface area (Å²) in [5.41, 5.74) is 1.29. The van der Waals surface area contributed by atoms with Crippen molar-refractivity contribution < 1.29 is 19.8 Å². The zero-order valence-corrected chi connectivity index (χ0v) is 18.6. The molecule has 0 heterocycles. The molecule has 7 nitrogen and oxygen atoms in total. The van der Waals surface area contributed by atoms with Gasteiger partial charge in [0.1, 0.15) is 17.5 Å². The van der Waals surface area contributed by atoms with Crippen molar-refractivity contribution in [3.8, 4) is 11.5 Å². The normalized spacial score (nSPS) is 11.8. The Bertz CT molecular complexity index is 826. The van der Waals surface area contributed by atoms with Gasteiger partial charge in [0.2, 0.25) is 11.8 Å². The number of hydrogen-bond acceptors (Lipinski definition) is 5.